The van der Waals surface area contributed by atoms with Crippen molar-refractivity contribution in [3.63, 3.8) is 0 Å². The first-order valence-corrected chi connectivity index (χ1v) is 10.2. The quantitative estimate of drug-likeness (QED) is 0.695. The normalized spacial score (nSPS) is 19.2. The molecule has 0 radical (unpaired) electrons. The number of nitrogens with zero attached hydrogens (tertiary/aromatic N) is 4. The molecule has 1 aliphatic heterocycles. The number of sulfone groups is 1. The first kappa shape index (κ1) is 19.6. The summed E-state index contributed by atoms with van der Waals surface area (Å²) in [6.45, 7) is 3.47. The molecule has 9 heteroatoms. The largest absolute Gasteiger partial charge is 0.354 e. The molecule has 2 rings (SSSR count). The minimum absolute atomic E-state index is 0.0228. The highest BCUT2D eigenvalue weighted by molar-refractivity contribution is 7.91. The molecule has 0 saturated carbocycles. The predicted molar refractivity (Wildman–Crippen MR) is 97.6 cm³/mol. The van der Waals surface area contributed by atoms with Gasteiger partial charge in [-0.1, -0.05) is 0 Å². The summed E-state index contributed by atoms with van der Waals surface area (Å²) in [6.07, 6.45) is 1.41. The fraction of sp³-hybridized carbons (Fsp3) is 0.688. The summed E-state index contributed by atoms with van der Waals surface area (Å²) < 4.78 is 23.3. The van der Waals surface area contributed by atoms with Crippen molar-refractivity contribution >= 4 is 21.7 Å². The van der Waals surface area contributed by atoms with E-state index in [1.54, 1.807) is 13.1 Å². The van der Waals surface area contributed by atoms with E-state index < -0.39 is 9.84 Å². The van der Waals surface area contributed by atoms with Gasteiger partial charge in [-0.3, -0.25) is 4.79 Å². The molecule has 1 aromatic heterocycles. The van der Waals surface area contributed by atoms with Gasteiger partial charge in [0.1, 0.15) is 5.69 Å². The second kappa shape index (κ2) is 8.09. The molecular formula is C16H27N5O3S. The van der Waals surface area contributed by atoms with E-state index in [9.17, 15) is 13.2 Å². The van der Waals surface area contributed by atoms with Crippen LogP contribution in [0.1, 0.15) is 29.0 Å². The van der Waals surface area contributed by atoms with Crippen LogP contribution in [0.4, 0.5) is 5.95 Å². The van der Waals surface area contributed by atoms with Crippen molar-refractivity contribution in [1.29, 1.82) is 0 Å². The average Bonchev–Trinajstić information content (AvgIpc) is 2.89. The Morgan fingerprint density at radius 2 is 2.04 bits per heavy atom. The Balaban J connectivity index is 2.04. The molecule has 0 spiro atoms. The number of aryl methyl sites for hydroxylation is 1. The van der Waals surface area contributed by atoms with Gasteiger partial charge in [-0.25, -0.2) is 18.4 Å². The Morgan fingerprint density at radius 1 is 1.32 bits per heavy atom. The number of anilines is 1. The molecule has 1 amide bonds. The maximum Gasteiger partial charge on any atom is 0.272 e. The summed E-state index contributed by atoms with van der Waals surface area (Å²) in [6, 6.07) is 1.34. The third-order valence-electron chi connectivity index (χ3n) is 4.22. The lowest BCUT2D eigenvalue weighted by Gasteiger charge is -2.23. The lowest BCUT2D eigenvalue weighted by molar-refractivity contribution is 0.0741. The maximum absolute atomic E-state index is 12.7. The van der Waals surface area contributed by atoms with E-state index in [-0.39, 0.29) is 29.1 Å². The zero-order valence-electron chi connectivity index (χ0n) is 15.3. The average molecular weight is 369 g/mol. The zero-order valence-corrected chi connectivity index (χ0v) is 16.1. The molecule has 0 aliphatic carbocycles. The Labute approximate surface area is 149 Å². The van der Waals surface area contributed by atoms with Crippen molar-refractivity contribution in [2.24, 2.45) is 0 Å². The molecular weight excluding hydrogens is 342 g/mol. The van der Waals surface area contributed by atoms with Crippen molar-refractivity contribution in [2.45, 2.75) is 25.8 Å². The van der Waals surface area contributed by atoms with E-state index in [2.05, 4.69) is 20.2 Å². The predicted octanol–water partition coefficient (Wildman–Crippen LogP) is 0.408. The molecule has 1 aromatic rings. The number of aromatic nitrogens is 2. The van der Waals surface area contributed by atoms with Gasteiger partial charge in [-0.05, 0) is 46.5 Å². The second-order valence-electron chi connectivity index (χ2n) is 6.77. The molecule has 1 N–H and O–H groups in total. The lowest BCUT2D eigenvalue weighted by atomic mass is 10.2. The van der Waals surface area contributed by atoms with Gasteiger partial charge in [0, 0.05) is 25.3 Å². The molecule has 8 nitrogen and oxygen atoms in total. The molecule has 2 heterocycles. The van der Waals surface area contributed by atoms with Gasteiger partial charge in [0.25, 0.3) is 5.91 Å². The van der Waals surface area contributed by atoms with Crippen molar-refractivity contribution in [3.8, 4) is 0 Å². The molecule has 1 atom stereocenters. The second-order valence-corrected chi connectivity index (χ2v) is 9.00. The number of nitrogens with one attached hydrogen (secondary N) is 1. The summed E-state index contributed by atoms with van der Waals surface area (Å²) in [5.41, 5.74) is 0.982. The van der Waals surface area contributed by atoms with Crippen LogP contribution in [-0.4, -0.2) is 85.9 Å². The van der Waals surface area contributed by atoms with Gasteiger partial charge < -0.3 is 15.1 Å². The van der Waals surface area contributed by atoms with E-state index in [1.807, 2.05) is 21.0 Å². The van der Waals surface area contributed by atoms with Crippen LogP contribution >= 0.6 is 0 Å². The van der Waals surface area contributed by atoms with Gasteiger partial charge in [-0.2, -0.15) is 0 Å². The molecule has 1 fully saturated rings. The Kier molecular flexibility index (Phi) is 6.34. The minimum atomic E-state index is -3.04. The molecule has 0 bridgehead atoms. The fourth-order valence-electron chi connectivity index (χ4n) is 2.78. The summed E-state index contributed by atoms with van der Waals surface area (Å²) in [5.74, 6) is 0.310. The maximum atomic E-state index is 12.7. The fourth-order valence-corrected chi connectivity index (χ4v) is 4.55. The SMILES string of the molecule is Cc1cc(C(=O)N(C)C2CCS(=O)(=O)C2)nc(NCCCN(C)C)n1. The van der Waals surface area contributed by atoms with Crippen LogP contribution in [0, 0.1) is 6.92 Å². The lowest BCUT2D eigenvalue weighted by Crippen LogP contribution is -2.38. The molecule has 140 valence electrons. The highest BCUT2D eigenvalue weighted by Gasteiger charge is 2.33. The minimum Gasteiger partial charge on any atom is -0.354 e. The molecule has 1 unspecified atom stereocenters. The monoisotopic (exact) mass is 369 g/mol. The highest BCUT2D eigenvalue weighted by Crippen LogP contribution is 2.18. The van der Waals surface area contributed by atoms with Crippen LogP contribution in [0.3, 0.4) is 0 Å². The van der Waals surface area contributed by atoms with Crippen molar-refractivity contribution in [3.05, 3.63) is 17.5 Å². The van der Waals surface area contributed by atoms with Crippen molar-refractivity contribution < 1.29 is 13.2 Å². The topological polar surface area (TPSA) is 95.5 Å². The standard InChI is InChI=1S/C16H27N5O3S/c1-12-10-14(19-16(18-12)17-7-5-8-20(2)3)15(22)21(4)13-6-9-25(23,24)11-13/h10,13H,5-9,11H2,1-4H3,(H,17,18,19). The van der Waals surface area contributed by atoms with E-state index in [0.717, 1.165) is 13.0 Å². The molecule has 1 aliphatic rings. The Bertz CT molecular complexity index is 720. The number of hydrogen-bond acceptors (Lipinski definition) is 7. The van der Waals surface area contributed by atoms with Crippen molar-refractivity contribution in [1.82, 2.24) is 19.8 Å². The van der Waals surface area contributed by atoms with Gasteiger partial charge in [0.2, 0.25) is 5.95 Å². The zero-order chi connectivity index (χ0) is 18.6. The van der Waals surface area contributed by atoms with Crippen LogP contribution in [0.5, 0.6) is 0 Å². The van der Waals surface area contributed by atoms with Crippen molar-refractivity contribution in [2.75, 3.05) is 51.1 Å². The number of carbonyl (C=O) groups is 1. The van der Waals surface area contributed by atoms with Crippen LogP contribution < -0.4 is 5.32 Å². The Hall–Kier alpha value is -1.74. The van der Waals surface area contributed by atoms with E-state index in [4.69, 9.17) is 0 Å². The van der Waals surface area contributed by atoms with E-state index in [1.165, 1.54) is 4.90 Å². The van der Waals surface area contributed by atoms with Gasteiger partial charge in [0.05, 0.1) is 11.5 Å². The van der Waals surface area contributed by atoms with E-state index >= 15 is 0 Å². The van der Waals surface area contributed by atoms with E-state index in [0.29, 0.717) is 24.6 Å². The first-order chi connectivity index (χ1) is 11.7. The highest BCUT2D eigenvalue weighted by atomic mass is 32.2. The van der Waals surface area contributed by atoms with Gasteiger partial charge in [-0.15, -0.1) is 0 Å². The number of amides is 1. The molecule has 0 aromatic carbocycles. The van der Waals surface area contributed by atoms with Crippen LogP contribution in [0.2, 0.25) is 0 Å². The van der Waals surface area contributed by atoms with Crippen LogP contribution in [0.15, 0.2) is 6.07 Å². The van der Waals surface area contributed by atoms with Gasteiger partial charge >= 0.3 is 0 Å². The number of hydrogen-bond donors (Lipinski definition) is 1. The van der Waals surface area contributed by atoms with Crippen LogP contribution in [-0.2, 0) is 9.84 Å². The summed E-state index contributed by atoms with van der Waals surface area (Å²) in [7, 11) is 2.62. The third-order valence-corrected chi connectivity index (χ3v) is 5.97. The summed E-state index contributed by atoms with van der Waals surface area (Å²) >= 11 is 0. The molecule has 25 heavy (non-hydrogen) atoms. The smallest absolute Gasteiger partial charge is 0.272 e. The number of rotatable bonds is 7. The Morgan fingerprint density at radius 3 is 2.64 bits per heavy atom. The van der Waals surface area contributed by atoms with Crippen LogP contribution in [0.25, 0.3) is 0 Å². The molecule has 1 saturated heterocycles. The summed E-state index contributed by atoms with van der Waals surface area (Å²) in [5, 5.41) is 3.14. The third kappa shape index (κ3) is 5.64. The van der Waals surface area contributed by atoms with Gasteiger partial charge in [0.15, 0.2) is 9.84 Å². The summed E-state index contributed by atoms with van der Waals surface area (Å²) in [4.78, 5) is 24.9. The first-order valence-electron chi connectivity index (χ1n) is 8.40. The number of carbonyl (C=O) groups excluding carboxylic acids is 1.